The molecule has 2 saturated heterocycles. The van der Waals surface area contributed by atoms with Crippen LogP contribution < -0.4 is 9.80 Å². The van der Waals surface area contributed by atoms with Crippen LogP contribution in [0.25, 0.3) is 0 Å². The van der Waals surface area contributed by atoms with Crippen molar-refractivity contribution < 1.29 is 9.13 Å². The van der Waals surface area contributed by atoms with Crippen molar-refractivity contribution in [3.63, 3.8) is 0 Å². The lowest BCUT2D eigenvalue weighted by Gasteiger charge is -2.36. The van der Waals surface area contributed by atoms with E-state index in [1.165, 1.54) is 12.1 Å². The number of aryl methyl sites for hydroxylation is 1. The molecule has 1 aromatic heterocycles. The quantitative estimate of drug-likeness (QED) is 0.820. The van der Waals surface area contributed by atoms with E-state index in [9.17, 15) is 4.39 Å². The van der Waals surface area contributed by atoms with Crippen molar-refractivity contribution in [3.8, 4) is 0 Å². The van der Waals surface area contributed by atoms with Gasteiger partial charge in [-0.25, -0.2) is 14.4 Å². The van der Waals surface area contributed by atoms with E-state index in [4.69, 9.17) is 4.74 Å². The predicted octanol–water partition coefficient (Wildman–Crippen LogP) is 2.08. The lowest BCUT2D eigenvalue weighted by molar-refractivity contribution is 0.122. The maximum absolute atomic E-state index is 13.1. The molecule has 4 rings (SSSR count). The fourth-order valence-corrected chi connectivity index (χ4v) is 3.64. The molecule has 0 aliphatic carbocycles. The van der Waals surface area contributed by atoms with Crippen molar-refractivity contribution in [2.75, 3.05) is 62.3 Å². The Labute approximate surface area is 159 Å². The molecule has 0 N–H and O–H groups in total. The highest BCUT2D eigenvalue weighted by Gasteiger charge is 2.21. The van der Waals surface area contributed by atoms with Crippen LogP contribution in [0.5, 0.6) is 0 Å². The molecular formula is C20H26FN5O. The van der Waals surface area contributed by atoms with Gasteiger partial charge in [0.25, 0.3) is 0 Å². The number of halogens is 1. The van der Waals surface area contributed by atoms with Gasteiger partial charge in [-0.1, -0.05) is 12.1 Å². The van der Waals surface area contributed by atoms with Crippen LogP contribution in [0.3, 0.4) is 0 Å². The SMILES string of the molecule is Cc1nc(N2CCOCC2)cc(N2CCN(Cc3ccc(F)cc3)CC2)n1. The Morgan fingerprint density at radius 1 is 0.889 bits per heavy atom. The van der Waals surface area contributed by atoms with Gasteiger partial charge in [0.05, 0.1) is 13.2 Å². The summed E-state index contributed by atoms with van der Waals surface area (Å²) in [4.78, 5) is 16.3. The molecule has 2 fully saturated rings. The van der Waals surface area contributed by atoms with Gasteiger partial charge < -0.3 is 14.5 Å². The molecule has 2 aliphatic rings. The average Bonchev–Trinajstić information content (AvgIpc) is 2.70. The second kappa shape index (κ2) is 8.19. The van der Waals surface area contributed by atoms with Crippen molar-refractivity contribution >= 4 is 11.6 Å². The highest BCUT2D eigenvalue weighted by Crippen LogP contribution is 2.21. The molecule has 0 saturated carbocycles. The van der Waals surface area contributed by atoms with Gasteiger partial charge in [0.1, 0.15) is 23.3 Å². The second-order valence-corrected chi connectivity index (χ2v) is 7.12. The number of anilines is 2. The van der Waals surface area contributed by atoms with E-state index in [0.29, 0.717) is 0 Å². The van der Waals surface area contributed by atoms with Gasteiger partial charge in [0.15, 0.2) is 0 Å². The molecule has 0 radical (unpaired) electrons. The number of rotatable bonds is 4. The fraction of sp³-hybridized carbons (Fsp3) is 0.500. The summed E-state index contributed by atoms with van der Waals surface area (Å²) in [5, 5.41) is 0. The molecule has 0 spiro atoms. The van der Waals surface area contributed by atoms with Crippen LogP contribution in [-0.2, 0) is 11.3 Å². The number of nitrogens with zero attached hydrogens (tertiary/aromatic N) is 5. The summed E-state index contributed by atoms with van der Waals surface area (Å²) in [6.45, 7) is 9.86. The molecule has 2 aromatic rings. The topological polar surface area (TPSA) is 44.7 Å². The zero-order chi connectivity index (χ0) is 18.6. The Hall–Kier alpha value is -2.25. The standard InChI is InChI=1S/C20H26FN5O/c1-16-22-19(14-20(23-16)26-10-12-27-13-11-26)25-8-6-24(7-9-25)15-17-2-4-18(21)5-3-17/h2-5,14H,6-13,15H2,1H3. The number of benzene rings is 1. The van der Waals surface area contributed by atoms with E-state index in [-0.39, 0.29) is 5.82 Å². The maximum atomic E-state index is 13.1. The number of ether oxygens (including phenoxy) is 1. The van der Waals surface area contributed by atoms with Gasteiger partial charge in [-0.3, -0.25) is 4.90 Å². The summed E-state index contributed by atoms with van der Waals surface area (Å²) in [7, 11) is 0. The van der Waals surface area contributed by atoms with Crippen LogP contribution >= 0.6 is 0 Å². The largest absolute Gasteiger partial charge is 0.378 e. The van der Waals surface area contributed by atoms with Gasteiger partial charge >= 0.3 is 0 Å². The summed E-state index contributed by atoms with van der Waals surface area (Å²) in [6, 6.07) is 8.90. The molecule has 0 unspecified atom stereocenters. The molecule has 1 aromatic carbocycles. The van der Waals surface area contributed by atoms with Gasteiger partial charge in [-0.2, -0.15) is 0 Å². The third-order valence-electron chi connectivity index (χ3n) is 5.16. The zero-order valence-corrected chi connectivity index (χ0v) is 15.8. The van der Waals surface area contributed by atoms with Crippen molar-refractivity contribution in [2.45, 2.75) is 13.5 Å². The van der Waals surface area contributed by atoms with Crippen molar-refractivity contribution in [2.24, 2.45) is 0 Å². The third-order valence-corrected chi connectivity index (χ3v) is 5.16. The Bertz CT molecular complexity index is 755. The van der Waals surface area contributed by atoms with E-state index in [1.807, 2.05) is 19.1 Å². The Morgan fingerprint density at radius 3 is 2.11 bits per heavy atom. The zero-order valence-electron chi connectivity index (χ0n) is 15.8. The van der Waals surface area contributed by atoms with E-state index >= 15 is 0 Å². The first kappa shape index (κ1) is 18.1. The lowest BCUT2D eigenvalue weighted by atomic mass is 10.2. The number of hydrogen-bond donors (Lipinski definition) is 0. The minimum atomic E-state index is -0.182. The lowest BCUT2D eigenvalue weighted by Crippen LogP contribution is -2.46. The number of piperazine rings is 1. The minimum absolute atomic E-state index is 0.182. The summed E-state index contributed by atoms with van der Waals surface area (Å²) < 4.78 is 18.5. The van der Waals surface area contributed by atoms with Crippen molar-refractivity contribution in [1.82, 2.24) is 14.9 Å². The van der Waals surface area contributed by atoms with Crippen molar-refractivity contribution in [1.29, 1.82) is 0 Å². The number of aromatic nitrogens is 2. The summed E-state index contributed by atoms with van der Waals surface area (Å²) in [6.07, 6.45) is 0. The molecule has 7 heteroatoms. The first-order valence-corrected chi connectivity index (χ1v) is 9.57. The van der Waals surface area contributed by atoms with Crippen LogP contribution in [0, 0.1) is 12.7 Å². The predicted molar refractivity (Wildman–Crippen MR) is 104 cm³/mol. The third kappa shape index (κ3) is 4.54. The van der Waals surface area contributed by atoms with Crippen LogP contribution in [0.2, 0.25) is 0 Å². The summed E-state index contributed by atoms with van der Waals surface area (Å²) in [5.74, 6) is 2.63. The Morgan fingerprint density at radius 2 is 1.48 bits per heavy atom. The number of hydrogen-bond acceptors (Lipinski definition) is 6. The highest BCUT2D eigenvalue weighted by atomic mass is 19.1. The summed E-state index contributed by atoms with van der Waals surface area (Å²) in [5.41, 5.74) is 1.15. The molecule has 0 atom stereocenters. The molecule has 0 amide bonds. The van der Waals surface area contributed by atoms with E-state index in [2.05, 4.69) is 30.7 Å². The Balaban J connectivity index is 1.38. The first-order chi connectivity index (χ1) is 13.2. The first-order valence-electron chi connectivity index (χ1n) is 9.57. The van der Waals surface area contributed by atoms with Crippen molar-refractivity contribution in [3.05, 3.63) is 47.5 Å². The monoisotopic (exact) mass is 371 g/mol. The van der Waals surface area contributed by atoms with E-state index in [1.54, 1.807) is 0 Å². The van der Waals surface area contributed by atoms with Gasteiger partial charge in [0.2, 0.25) is 0 Å². The smallest absolute Gasteiger partial charge is 0.134 e. The van der Waals surface area contributed by atoms with Gasteiger partial charge in [-0.05, 0) is 24.6 Å². The summed E-state index contributed by atoms with van der Waals surface area (Å²) >= 11 is 0. The minimum Gasteiger partial charge on any atom is -0.378 e. The molecule has 3 heterocycles. The molecule has 2 aliphatic heterocycles. The van der Waals surface area contributed by atoms with Gasteiger partial charge in [-0.15, -0.1) is 0 Å². The van der Waals surface area contributed by atoms with E-state index < -0.39 is 0 Å². The molecule has 0 bridgehead atoms. The average molecular weight is 371 g/mol. The normalized spacial score (nSPS) is 18.7. The van der Waals surface area contributed by atoms with Crippen LogP contribution in [0.4, 0.5) is 16.0 Å². The maximum Gasteiger partial charge on any atom is 0.134 e. The Kier molecular flexibility index (Phi) is 5.50. The molecular weight excluding hydrogens is 345 g/mol. The van der Waals surface area contributed by atoms with Crippen LogP contribution in [0.15, 0.2) is 30.3 Å². The second-order valence-electron chi connectivity index (χ2n) is 7.12. The molecule has 144 valence electrons. The molecule has 6 nitrogen and oxygen atoms in total. The van der Waals surface area contributed by atoms with E-state index in [0.717, 1.165) is 82.1 Å². The highest BCUT2D eigenvalue weighted by molar-refractivity contribution is 5.51. The van der Waals surface area contributed by atoms with Gasteiger partial charge in [0, 0.05) is 51.9 Å². The molecule has 27 heavy (non-hydrogen) atoms. The fourth-order valence-electron chi connectivity index (χ4n) is 3.64. The van der Waals surface area contributed by atoms with Crippen LogP contribution in [-0.4, -0.2) is 67.4 Å². The van der Waals surface area contributed by atoms with Crippen LogP contribution in [0.1, 0.15) is 11.4 Å². The number of morpholine rings is 1.